The highest BCUT2D eigenvalue weighted by Crippen LogP contribution is 2.13. The minimum Gasteiger partial charge on any atom is -0.348 e. The predicted molar refractivity (Wildman–Crippen MR) is 62.5 cm³/mol. The smallest absolute Gasteiger partial charge is 0.189 e. The Morgan fingerprint density at radius 1 is 1.38 bits per heavy atom. The topological polar surface area (TPSA) is 47.8 Å². The molecule has 2 aromatic heterocycles. The van der Waals surface area contributed by atoms with E-state index in [0.29, 0.717) is 16.6 Å². The van der Waals surface area contributed by atoms with E-state index in [2.05, 4.69) is 9.97 Å². The van der Waals surface area contributed by atoms with Crippen molar-refractivity contribution in [2.24, 2.45) is 7.05 Å². The van der Waals surface area contributed by atoms with Gasteiger partial charge in [0.05, 0.1) is 11.4 Å². The molecule has 0 aromatic carbocycles. The first-order valence-electron chi connectivity index (χ1n) is 4.82. The van der Waals surface area contributed by atoms with Crippen LogP contribution < -0.4 is 0 Å². The van der Waals surface area contributed by atoms with Gasteiger partial charge in [-0.25, -0.2) is 9.97 Å². The zero-order valence-corrected chi connectivity index (χ0v) is 9.65. The molecule has 0 aliphatic rings. The molecule has 2 heterocycles. The molecule has 82 valence electrons. The number of thioether (sulfide) groups is 1. The van der Waals surface area contributed by atoms with Gasteiger partial charge in [-0.05, 0) is 18.2 Å². The third-order valence-electron chi connectivity index (χ3n) is 2.10. The SMILES string of the molecule is Cn1cccc1C(=O)CSc1ncccn1. The Morgan fingerprint density at radius 3 is 2.75 bits per heavy atom. The number of nitrogens with zero attached hydrogens (tertiary/aromatic N) is 3. The van der Waals surface area contributed by atoms with Gasteiger partial charge < -0.3 is 4.57 Å². The number of carbonyl (C=O) groups is 1. The van der Waals surface area contributed by atoms with Crippen LogP contribution in [-0.2, 0) is 7.05 Å². The van der Waals surface area contributed by atoms with Gasteiger partial charge in [0.25, 0.3) is 0 Å². The molecule has 0 N–H and O–H groups in total. The van der Waals surface area contributed by atoms with E-state index in [0.717, 1.165) is 0 Å². The lowest BCUT2D eigenvalue weighted by molar-refractivity contribution is 0.101. The van der Waals surface area contributed by atoms with Crippen LogP contribution in [-0.4, -0.2) is 26.1 Å². The molecule has 0 saturated heterocycles. The number of ketones is 1. The highest BCUT2D eigenvalue weighted by atomic mass is 32.2. The van der Waals surface area contributed by atoms with Gasteiger partial charge in [-0.2, -0.15) is 0 Å². The van der Waals surface area contributed by atoms with E-state index in [1.807, 2.05) is 29.9 Å². The van der Waals surface area contributed by atoms with Crippen LogP contribution in [0.15, 0.2) is 41.9 Å². The summed E-state index contributed by atoms with van der Waals surface area (Å²) in [7, 11) is 1.86. The zero-order chi connectivity index (χ0) is 11.4. The number of hydrogen-bond acceptors (Lipinski definition) is 4. The van der Waals surface area contributed by atoms with Crippen LogP contribution in [0, 0.1) is 0 Å². The number of Topliss-reactive ketones (excluding diaryl/α,β-unsaturated/α-hetero) is 1. The maximum atomic E-state index is 11.8. The third kappa shape index (κ3) is 2.49. The monoisotopic (exact) mass is 233 g/mol. The van der Waals surface area contributed by atoms with Crippen molar-refractivity contribution in [3.63, 3.8) is 0 Å². The standard InChI is InChI=1S/C11H11N3OS/c1-14-7-2-4-9(14)10(15)8-16-11-12-5-3-6-13-11/h2-7H,8H2,1H3. The van der Waals surface area contributed by atoms with Crippen LogP contribution in [0.4, 0.5) is 0 Å². The van der Waals surface area contributed by atoms with Crippen molar-refractivity contribution in [3.05, 3.63) is 42.5 Å². The molecule has 0 bridgehead atoms. The molecule has 0 unspecified atom stereocenters. The van der Waals surface area contributed by atoms with Gasteiger partial charge >= 0.3 is 0 Å². The Balaban J connectivity index is 1.97. The number of aryl methyl sites for hydroxylation is 1. The maximum absolute atomic E-state index is 11.8. The van der Waals surface area contributed by atoms with Gasteiger partial charge in [-0.15, -0.1) is 0 Å². The summed E-state index contributed by atoms with van der Waals surface area (Å²) in [6.45, 7) is 0. The lowest BCUT2D eigenvalue weighted by Crippen LogP contribution is -2.08. The molecule has 0 aliphatic heterocycles. The fourth-order valence-corrected chi connectivity index (χ4v) is 1.99. The lowest BCUT2D eigenvalue weighted by Gasteiger charge is -2.01. The normalized spacial score (nSPS) is 10.3. The molecular formula is C11H11N3OS. The Kier molecular flexibility index (Phi) is 3.36. The van der Waals surface area contributed by atoms with Crippen LogP contribution in [0.5, 0.6) is 0 Å². The Bertz CT molecular complexity index is 481. The van der Waals surface area contributed by atoms with E-state index >= 15 is 0 Å². The molecule has 0 saturated carbocycles. The molecule has 0 spiro atoms. The molecule has 0 aliphatic carbocycles. The quantitative estimate of drug-likeness (QED) is 0.459. The average molecular weight is 233 g/mol. The molecule has 4 nitrogen and oxygen atoms in total. The molecule has 2 rings (SSSR count). The summed E-state index contributed by atoms with van der Waals surface area (Å²) < 4.78 is 1.81. The fourth-order valence-electron chi connectivity index (χ4n) is 1.31. The highest BCUT2D eigenvalue weighted by Gasteiger charge is 2.09. The summed E-state index contributed by atoms with van der Waals surface area (Å²) in [4.78, 5) is 19.9. The Labute approximate surface area is 97.7 Å². The largest absolute Gasteiger partial charge is 0.348 e. The lowest BCUT2D eigenvalue weighted by atomic mass is 10.3. The van der Waals surface area contributed by atoms with Gasteiger partial charge in [-0.1, -0.05) is 11.8 Å². The predicted octanol–water partition coefficient (Wildman–Crippen LogP) is 1.79. The van der Waals surface area contributed by atoms with Crippen LogP contribution in [0.25, 0.3) is 0 Å². The molecular weight excluding hydrogens is 222 g/mol. The van der Waals surface area contributed by atoms with E-state index in [1.165, 1.54) is 11.8 Å². The minimum atomic E-state index is 0.0879. The van der Waals surface area contributed by atoms with Crippen molar-refractivity contribution in [1.29, 1.82) is 0 Å². The third-order valence-corrected chi connectivity index (χ3v) is 2.98. The first-order valence-corrected chi connectivity index (χ1v) is 5.80. The molecule has 0 radical (unpaired) electrons. The second-order valence-corrected chi connectivity index (χ2v) is 4.19. The van der Waals surface area contributed by atoms with Crippen LogP contribution in [0.2, 0.25) is 0 Å². The molecule has 16 heavy (non-hydrogen) atoms. The number of rotatable bonds is 4. The minimum absolute atomic E-state index is 0.0879. The summed E-state index contributed by atoms with van der Waals surface area (Å²) in [5, 5.41) is 0.630. The summed E-state index contributed by atoms with van der Waals surface area (Å²) >= 11 is 1.35. The molecule has 0 atom stereocenters. The van der Waals surface area contributed by atoms with E-state index in [1.54, 1.807) is 18.5 Å². The highest BCUT2D eigenvalue weighted by molar-refractivity contribution is 7.99. The molecule has 0 fully saturated rings. The first kappa shape index (κ1) is 10.9. The van der Waals surface area contributed by atoms with Crippen molar-refractivity contribution < 1.29 is 4.79 Å². The van der Waals surface area contributed by atoms with Crippen molar-refractivity contribution in [3.8, 4) is 0 Å². The molecule has 2 aromatic rings. The summed E-state index contributed by atoms with van der Waals surface area (Å²) in [6.07, 6.45) is 5.20. The van der Waals surface area contributed by atoms with Crippen LogP contribution in [0.3, 0.4) is 0 Å². The van der Waals surface area contributed by atoms with Crippen molar-refractivity contribution >= 4 is 17.5 Å². The number of carbonyl (C=O) groups excluding carboxylic acids is 1. The van der Waals surface area contributed by atoms with Crippen LogP contribution >= 0.6 is 11.8 Å². The van der Waals surface area contributed by atoms with Gasteiger partial charge in [0.1, 0.15) is 0 Å². The fraction of sp³-hybridized carbons (Fsp3) is 0.182. The van der Waals surface area contributed by atoms with Gasteiger partial charge in [-0.3, -0.25) is 4.79 Å². The second-order valence-electron chi connectivity index (χ2n) is 3.25. The number of aromatic nitrogens is 3. The average Bonchev–Trinajstić information content (AvgIpc) is 2.74. The summed E-state index contributed by atoms with van der Waals surface area (Å²) in [5.41, 5.74) is 0.712. The first-order chi connectivity index (χ1) is 7.77. The Hall–Kier alpha value is -1.62. The van der Waals surface area contributed by atoms with E-state index in [9.17, 15) is 4.79 Å². The van der Waals surface area contributed by atoms with Gasteiger partial charge in [0.2, 0.25) is 0 Å². The summed E-state index contributed by atoms with van der Waals surface area (Å²) in [5.74, 6) is 0.451. The molecule has 0 amide bonds. The van der Waals surface area contributed by atoms with Crippen molar-refractivity contribution in [2.75, 3.05) is 5.75 Å². The van der Waals surface area contributed by atoms with Gasteiger partial charge in [0, 0.05) is 25.6 Å². The number of hydrogen-bond donors (Lipinski definition) is 0. The van der Waals surface area contributed by atoms with Crippen molar-refractivity contribution in [2.45, 2.75) is 5.16 Å². The zero-order valence-electron chi connectivity index (χ0n) is 8.83. The van der Waals surface area contributed by atoms with Crippen LogP contribution in [0.1, 0.15) is 10.5 Å². The second kappa shape index (κ2) is 4.94. The maximum Gasteiger partial charge on any atom is 0.189 e. The van der Waals surface area contributed by atoms with E-state index in [4.69, 9.17) is 0 Å². The Morgan fingerprint density at radius 2 is 2.12 bits per heavy atom. The summed E-state index contributed by atoms with van der Waals surface area (Å²) in [6, 6.07) is 5.43. The van der Waals surface area contributed by atoms with E-state index in [-0.39, 0.29) is 5.78 Å². The van der Waals surface area contributed by atoms with Gasteiger partial charge in [0.15, 0.2) is 10.9 Å². The van der Waals surface area contributed by atoms with E-state index < -0.39 is 0 Å². The van der Waals surface area contributed by atoms with Crippen molar-refractivity contribution in [1.82, 2.24) is 14.5 Å². The molecule has 5 heteroatoms.